The maximum absolute atomic E-state index is 12.3. The Morgan fingerprint density at radius 2 is 1.79 bits per heavy atom. The minimum Gasteiger partial charge on any atom is -0.353 e. The van der Waals surface area contributed by atoms with Gasteiger partial charge >= 0.3 is 0 Å². The second-order valence-electron chi connectivity index (χ2n) is 7.26. The van der Waals surface area contributed by atoms with Gasteiger partial charge in [-0.1, -0.05) is 18.6 Å². The molecule has 4 rings (SSSR count). The van der Waals surface area contributed by atoms with Crippen LogP contribution >= 0.6 is 0 Å². The average Bonchev–Trinajstić information content (AvgIpc) is 3.25. The number of rotatable bonds is 5. The first-order chi connectivity index (χ1) is 11.6. The molecule has 3 atom stereocenters. The zero-order valence-electron chi connectivity index (χ0n) is 13.7. The van der Waals surface area contributed by atoms with E-state index in [2.05, 4.69) is 5.32 Å². The third kappa shape index (κ3) is 2.62. The highest BCUT2D eigenvalue weighted by Crippen LogP contribution is 2.44. The molecule has 1 N–H and O–H groups in total. The van der Waals surface area contributed by atoms with Crippen molar-refractivity contribution in [3.63, 3.8) is 0 Å². The summed E-state index contributed by atoms with van der Waals surface area (Å²) in [7, 11) is 0. The van der Waals surface area contributed by atoms with Crippen molar-refractivity contribution in [2.75, 3.05) is 6.54 Å². The summed E-state index contributed by atoms with van der Waals surface area (Å²) < 4.78 is 0. The van der Waals surface area contributed by atoms with Crippen LogP contribution in [0.4, 0.5) is 0 Å². The van der Waals surface area contributed by atoms with Crippen LogP contribution in [0.5, 0.6) is 0 Å². The topological polar surface area (TPSA) is 66.5 Å². The van der Waals surface area contributed by atoms with Gasteiger partial charge in [-0.05, 0) is 49.7 Å². The average molecular weight is 326 g/mol. The minimum atomic E-state index is -0.246. The van der Waals surface area contributed by atoms with Gasteiger partial charge in [0.1, 0.15) is 0 Å². The molecule has 1 aromatic carbocycles. The highest BCUT2D eigenvalue weighted by atomic mass is 16.2. The van der Waals surface area contributed by atoms with Crippen LogP contribution < -0.4 is 5.32 Å². The monoisotopic (exact) mass is 326 g/mol. The number of hydrogen-bond donors (Lipinski definition) is 1. The van der Waals surface area contributed by atoms with E-state index in [1.807, 2.05) is 0 Å². The van der Waals surface area contributed by atoms with Crippen molar-refractivity contribution in [1.29, 1.82) is 0 Å². The van der Waals surface area contributed by atoms with Crippen LogP contribution in [-0.2, 0) is 4.79 Å². The summed E-state index contributed by atoms with van der Waals surface area (Å²) in [5, 5.41) is 3.15. The van der Waals surface area contributed by atoms with Gasteiger partial charge in [0.25, 0.3) is 11.8 Å². The number of amides is 3. The number of carbonyl (C=O) groups is 3. The Labute approximate surface area is 141 Å². The number of imide groups is 1. The molecule has 0 spiro atoms. The van der Waals surface area contributed by atoms with E-state index in [0.717, 1.165) is 12.3 Å². The van der Waals surface area contributed by atoms with Gasteiger partial charge in [0.05, 0.1) is 11.1 Å². The van der Waals surface area contributed by atoms with Gasteiger partial charge in [0.15, 0.2) is 0 Å². The fraction of sp³-hybridized carbons (Fsp3) is 0.526. The Morgan fingerprint density at radius 1 is 1.08 bits per heavy atom. The van der Waals surface area contributed by atoms with Crippen molar-refractivity contribution >= 4 is 17.7 Å². The summed E-state index contributed by atoms with van der Waals surface area (Å²) in [5.41, 5.74) is 0.933. The van der Waals surface area contributed by atoms with Crippen molar-refractivity contribution in [1.82, 2.24) is 10.2 Å². The van der Waals surface area contributed by atoms with Gasteiger partial charge in [-0.25, -0.2) is 0 Å². The van der Waals surface area contributed by atoms with Gasteiger partial charge in [0, 0.05) is 19.0 Å². The SMILES string of the molecule is O=C(CCCN1C(=O)c2ccccc2C1=O)N[C@H]1C[C@@H]2CC[C@@H]1C2. The predicted octanol–water partition coefficient (Wildman–Crippen LogP) is 2.37. The van der Waals surface area contributed by atoms with Gasteiger partial charge in [-0.2, -0.15) is 0 Å². The molecule has 1 heterocycles. The Bertz CT molecular complexity index is 665. The third-order valence-electron chi connectivity index (χ3n) is 5.75. The number of nitrogens with one attached hydrogen (secondary N) is 1. The van der Waals surface area contributed by atoms with E-state index in [1.54, 1.807) is 24.3 Å². The molecule has 24 heavy (non-hydrogen) atoms. The maximum atomic E-state index is 12.3. The summed E-state index contributed by atoms with van der Waals surface area (Å²) >= 11 is 0. The molecule has 3 aliphatic rings. The van der Waals surface area contributed by atoms with Crippen molar-refractivity contribution in [3.05, 3.63) is 35.4 Å². The van der Waals surface area contributed by atoms with Crippen molar-refractivity contribution in [2.45, 2.75) is 44.6 Å². The summed E-state index contributed by atoms with van der Waals surface area (Å²) in [5.74, 6) is 1.02. The van der Waals surface area contributed by atoms with Gasteiger partial charge in [-0.3, -0.25) is 19.3 Å². The lowest BCUT2D eigenvalue weighted by Crippen LogP contribution is -2.39. The van der Waals surface area contributed by atoms with E-state index in [0.29, 0.717) is 42.5 Å². The van der Waals surface area contributed by atoms with Crippen LogP contribution in [0.1, 0.15) is 59.2 Å². The fourth-order valence-corrected chi connectivity index (χ4v) is 4.54. The van der Waals surface area contributed by atoms with E-state index >= 15 is 0 Å². The molecule has 5 nitrogen and oxygen atoms in total. The Morgan fingerprint density at radius 3 is 2.38 bits per heavy atom. The molecule has 0 radical (unpaired) electrons. The predicted molar refractivity (Wildman–Crippen MR) is 88.4 cm³/mol. The first-order valence-electron chi connectivity index (χ1n) is 8.88. The Kier molecular flexibility index (Phi) is 3.87. The van der Waals surface area contributed by atoms with Gasteiger partial charge in [-0.15, -0.1) is 0 Å². The van der Waals surface area contributed by atoms with Crippen molar-refractivity contribution < 1.29 is 14.4 Å². The number of carbonyl (C=O) groups excluding carboxylic acids is 3. The fourth-order valence-electron chi connectivity index (χ4n) is 4.54. The van der Waals surface area contributed by atoms with E-state index in [-0.39, 0.29) is 17.7 Å². The van der Waals surface area contributed by atoms with Crippen LogP contribution in [0, 0.1) is 11.8 Å². The first-order valence-corrected chi connectivity index (χ1v) is 8.88. The molecule has 2 aliphatic carbocycles. The second kappa shape index (κ2) is 6.04. The molecule has 1 aromatic rings. The smallest absolute Gasteiger partial charge is 0.261 e. The minimum absolute atomic E-state index is 0.0455. The standard InChI is InChI=1S/C19H22N2O3/c22-17(20-16-11-12-7-8-13(16)10-12)6-3-9-21-18(23)14-4-1-2-5-15(14)19(21)24/h1-2,4-5,12-13,16H,3,6-11H2,(H,20,22)/t12-,13-,16+/m1/s1. The highest BCUT2D eigenvalue weighted by Gasteiger charge is 2.40. The van der Waals surface area contributed by atoms with Crippen LogP contribution in [0.25, 0.3) is 0 Å². The maximum Gasteiger partial charge on any atom is 0.261 e. The second-order valence-corrected chi connectivity index (χ2v) is 7.26. The molecule has 3 amide bonds. The largest absolute Gasteiger partial charge is 0.353 e. The van der Waals surface area contributed by atoms with E-state index in [9.17, 15) is 14.4 Å². The summed E-state index contributed by atoms with van der Waals surface area (Å²) in [6.07, 6.45) is 5.82. The zero-order chi connectivity index (χ0) is 16.7. The molecule has 2 saturated carbocycles. The van der Waals surface area contributed by atoms with Crippen LogP contribution in [-0.4, -0.2) is 35.2 Å². The normalized spacial score (nSPS) is 27.7. The lowest BCUT2D eigenvalue weighted by atomic mass is 9.95. The molecular formula is C19H22N2O3. The molecule has 1 aliphatic heterocycles. The zero-order valence-corrected chi connectivity index (χ0v) is 13.7. The van der Waals surface area contributed by atoms with Gasteiger partial charge < -0.3 is 5.32 Å². The molecular weight excluding hydrogens is 304 g/mol. The lowest BCUT2D eigenvalue weighted by Gasteiger charge is -2.23. The number of benzene rings is 1. The number of fused-ring (bicyclic) bond motifs is 3. The van der Waals surface area contributed by atoms with Crippen molar-refractivity contribution in [2.24, 2.45) is 11.8 Å². The molecule has 126 valence electrons. The quantitative estimate of drug-likeness (QED) is 0.845. The first kappa shape index (κ1) is 15.4. The van der Waals surface area contributed by atoms with Crippen molar-refractivity contribution in [3.8, 4) is 0 Å². The van der Waals surface area contributed by atoms with E-state index in [1.165, 1.54) is 24.2 Å². The molecule has 2 fully saturated rings. The van der Waals surface area contributed by atoms with Gasteiger partial charge in [0.2, 0.25) is 5.91 Å². The molecule has 2 bridgehead atoms. The van der Waals surface area contributed by atoms with E-state index < -0.39 is 0 Å². The Hall–Kier alpha value is -2.17. The number of nitrogens with zero attached hydrogens (tertiary/aromatic N) is 1. The number of hydrogen-bond acceptors (Lipinski definition) is 3. The Balaban J connectivity index is 1.27. The molecule has 5 heteroatoms. The van der Waals surface area contributed by atoms with Crippen LogP contribution in [0.2, 0.25) is 0 Å². The molecule has 0 aromatic heterocycles. The molecule has 0 unspecified atom stereocenters. The summed E-state index contributed by atoms with van der Waals surface area (Å²) in [6, 6.07) is 7.22. The third-order valence-corrected chi connectivity index (χ3v) is 5.75. The van der Waals surface area contributed by atoms with Crippen LogP contribution in [0.3, 0.4) is 0 Å². The highest BCUT2D eigenvalue weighted by molar-refractivity contribution is 6.21. The lowest BCUT2D eigenvalue weighted by molar-refractivity contribution is -0.122. The summed E-state index contributed by atoms with van der Waals surface area (Å²) in [4.78, 5) is 37.9. The molecule has 0 saturated heterocycles. The summed E-state index contributed by atoms with van der Waals surface area (Å²) in [6.45, 7) is 0.302. The van der Waals surface area contributed by atoms with E-state index in [4.69, 9.17) is 0 Å². The van der Waals surface area contributed by atoms with Crippen LogP contribution in [0.15, 0.2) is 24.3 Å².